The Morgan fingerprint density at radius 2 is 1.66 bits per heavy atom. The average molecular weight is 447 g/mol. The van der Waals surface area contributed by atoms with Crippen LogP contribution in [0.25, 0.3) is 10.2 Å². The molecule has 4 aromatic rings. The number of anilines is 1. The largest absolute Gasteiger partial charge is 0.494 e. The quantitative estimate of drug-likeness (QED) is 0.337. The molecule has 164 valence electrons. The molecular formula is C26H26N2O3S. The topological polar surface area (TPSA) is 51.7 Å². The smallest absolute Gasteiger partial charge is 0.267 e. The summed E-state index contributed by atoms with van der Waals surface area (Å²) >= 11 is 1.54. The van der Waals surface area contributed by atoms with Gasteiger partial charge in [-0.15, -0.1) is 0 Å². The van der Waals surface area contributed by atoms with Gasteiger partial charge in [0, 0.05) is 0 Å². The van der Waals surface area contributed by atoms with Gasteiger partial charge in [0.25, 0.3) is 5.91 Å². The van der Waals surface area contributed by atoms with E-state index >= 15 is 0 Å². The van der Waals surface area contributed by atoms with Crippen molar-refractivity contribution in [2.45, 2.75) is 27.3 Å². The number of nitrogens with zero attached hydrogens (tertiary/aromatic N) is 2. The molecule has 32 heavy (non-hydrogen) atoms. The normalized spacial score (nSPS) is 10.8. The van der Waals surface area contributed by atoms with E-state index in [1.807, 2.05) is 61.5 Å². The summed E-state index contributed by atoms with van der Waals surface area (Å²) in [6, 6.07) is 21.4. The molecule has 0 fully saturated rings. The first-order valence-electron chi connectivity index (χ1n) is 10.6. The van der Waals surface area contributed by atoms with Gasteiger partial charge in [-0.05, 0) is 67.8 Å². The Balaban J connectivity index is 1.57. The summed E-state index contributed by atoms with van der Waals surface area (Å²) in [5.74, 6) is 1.26. The highest BCUT2D eigenvalue weighted by atomic mass is 32.1. The Kier molecular flexibility index (Phi) is 6.71. The minimum Gasteiger partial charge on any atom is -0.494 e. The molecule has 3 aromatic carbocycles. The minimum atomic E-state index is -0.142. The molecule has 0 N–H and O–H groups in total. The fourth-order valence-corrected chi connectivity index (χ4v) is 4.56. The monoisotopic (exact) mass is 446 g/mol. The number of rotatable bonds is 8. The van der Waals surface area contributed by atoms with Crippen LogP contribution in [-0.4, -0.2) is 24.1 Å². The highest BCUT2D eigenvalue weighted by Crippen LogP contribution is 2.33. The highest BCUT2D eigenvalue weighted by Gasteiger charge is 2.21. The maximum atomic E-state index is 13.3. The van der Waals surface area contributed by atoms with Crippen molar-refractivity contribution in [1.29, 1.82) is 0 Å². The van der Waals surface area contributed by atoms with Crippen molar-refractivity contribution in [2.75, 3.05) is 18.1 Å². The maximum Gasteiger partial charge on any atom is 0.267 e. The lowest BCUT2D eigenvalue weighted by atomic mass is 10.1. The number of thiazole rings is 1. The van der Waals surface area contributed by atoms with Crippen LogP contribution >= 0.6 is 11.3 Å². The van der Waals surface area contributed by atoms with Crippen LogP contribution in [0.3, 0.4) is 0 Å². The number of ether oxygens (including phenoxy) is 2. The number of hydrogen-bond acceptors (Lipinski definition) is 5. The van der Waals surface area contributed by atoms with Gasteiger partial charge in [-0.2, -0.15) is 0 Å². The molecule has 1 aromatic heterocycles. The third kappa shape index (κ3) is 5.08. The second-order valence-corrected chi connectivity index (χ2v) is 8.56. The number of carbonyl (C=O) groups excluding carboxylic acids is 1. The number of aromatic nitrogens is 1. The lowest BCUT2D eigenvalue weighted by Gasteiger charge is -2.20. The van der Waals surface area contributed by atoms with Gasteiger partial charge in [-0.1, -0.05) is 47.7 Å². The molecular weight excluding hydrogens is 420 g/mol. The lowest BCUT2D eigenvalue weighted by Crippen LogP contribution is -2.34. The van der Waals surface area contributed by atoms with Gasteiger partial charge in [0.15, 0.2) is 11.7 Å². The maximum absolute atomic E-state index is 13.3. The zero-order valence-corrected chi connectivity index (χ0v) is 19.3. The molecule has 1 heterocycles. The lowest BCUT2D eigenvalue weighted by molar-refractivity contribution is -0.120. The van der Waals surface area contributed by atoms with Crippen LogP contribution in [0.5, 0.6) is 11.5 Å². The van der Waals surface area contributed by atoms with Crippen LogP contribution in [-0.2, 0) is 11.3 Å². The third-order valence-corrected chi connectivity index (χ3v) is 6.25. The van der Waals surface area contributed by atoms with Crippen LogP contribution in [0.15, 0.2) is 66.7 Å². The summed E-state index contributed by atoms with van der Waals surface area (Å²) in [5, 5.41) is 0.679. The van der Waals surface area contributed by atoms with E-state index in [2.05, 4.69) is 26.0 Å². The van der Waals surface area contributed by atoms with Crippen molar-refractivity contribution >= 4 is 32.6 Å². The molecule has 0 radical (unpaired) electrons. The predicted octanol–water partition coefficient (Wildman–Crippen LogP) is 5.92. The van der Waals surface area contributed by atoms with E-state index in [4.69, 9.17) is 14.5 Å². The van der Waals surface area contributed by atoms with E-state index in [-0.39, 0.29) is 12.5 Å². The molecule has 0 aliphatic carbocycles. The van der Waals surface area contributed by atoms with Gasteiger partial charge in [0.05, 0.1) is 23.4 Å². The second kappa shape index (κ2) is 9.83. The van der Waals surface area contributed by atoms with Crippen LogP contribution in [0.2, 0.25) is 0 Å². The Hall–Kier alpha value is -3.38. The molecule has 4 rings (SSSR count). The summed E-state index contributed by atoms with van der Waals surface area (Å²) < 4.78 is 12.3. The minimum absolute atomic E-state index is 0.0747. The Morgan fingerprint density at radius 1 is 0.969 bits per heavy atom. The molecule has 0 bridgehead atoms. The second-order valence-electron chi connectivity index (χ2n) is 7.59. The number of hydrogen-bond donors (Lipinski definition) is 0. The molecule has 1 amide bonds. The van der Waals surface area contributed by atoms with Crippen LogP contribution < -0.4 is 14.4 Å². The number of aryl methyl sites for hydroxylation is 2. The number of benzene rings is 3. The van der Waals surface area contributed by atoms with E-state index in [1.54, 1.807) is 4.90 Å². The average Bonchev–Trinajstić information content (AvgIpc) is 3.22. The Labute approximate surface area is 192 Å². The van der Waals surface area contributed by atoms with Crippen molar-refractivity contribution in [2.24, 2.45) is 0 Å². The predicted molar refractivity (Wildman–Crippen MR) is 130 cm³/mol. The van der Waals surface area contributed by atoms with Gasteiger partial charge < -0.3 is 9.47 Å². The molecule has 0 saturated carbocycles. The SMILES string of the molecule is CCOc1ccc(OCC(=O)N(Cc2ccccc2)c2nc3cc(C)cc(C)c3s2)cc1. The van der Waals surface area contributed by atoms with E-state index in [1.165, 1.54) is 16.9 Å². The van der Waals surface area contributed by atoms with Gasteiger partial charge >= 0.3 is 0 Å². The van der Waals surface area contributed by atoms with Crippen LogP contribution in [0, 0.1) is 13.8 Å². The fraction of sp³-hybridized carbons (Fsp3) is 0.231. The third-order valence-electron chi connectivity index (χ3n) is 5.02. The molecule has 0 atom stereocenters. The molecule has 5 nitrogen and oxygen atoms in total. The first-order chi connectivity index (χ1) is 15.5. The van der Waals surface area contributed by atoms with Gasteiger partial charge in [-0.25, -0.2) is 4.98 Å². The number of amides is 1. The standard InChI is InChI=1S/C26H26N2O3S/c1-4-30-21-10-12-22(13-11-21)31-17-24(29)28(16-20-8-6-5-7-9-20)26-27-23-15-18(2)14-19(3)25(23)32-26/h5-15H,4,16-17H2,1-3H3. The van der Waals surface area contributed by atoms with E-state index in [9.17, 15) is 4.79 Å². The van der Waals surface area contributed by atoms with E-state index in [0.29, 0.717) is 24.0 Å². The number of fused-ring (bicyclic) bond motifs is 1. The highest BCUT2D eigenvalue weighted by molar-refractivity contribution is 7.22. The number of carbonyl (C=O) groups is 1. The van der Waals surface area contributed by atoms with Gasteiger partial charge in [0.1, 0.15) is 11.5 Å². The van der Waals surface area contributed by atoms with E-state index in [0.717, 1.165) is 27.1 Å². The first-order valence-corrected chi connectivity index (χ1v) is 11.4. The van der Waals surface area contributed by atoms with Crippen molar-refractivity contribution < 1.29 is 14.3 Å². The Morgan fingerprint density at radius 3 is 2.34 bits per heavy atom. The summed E-state index contributed by atoms with van der Waals surface area (Å²) in [7, 11) is 0. The summed E-state index contributed by atoms with van der Waals surface area (Å²) in [5.41, 5.74) is 4.28. The van der Waals surface area contributed by atoms with Crippen molar-refractivity contribution in [3.05, 3.63) is 83.4 Å². The van der Waals surface area contributed by atoms with Gasteiger partial charge in [-0.3, -0.25) is 9.69 Å². The van der Waals surface area contributed by atoms with Crippen molar-refractivity contribution in [1.82, 2.24) is 4.98 Å². The van der Waals surface area contributed by atoms with E-state index < -0.39 is 0 Å². The van der Waals surface area contributed by atoms with Crippen LogP contribution in [0.1, 0.15) is 23.6 Å². The van der Waals surface area contributed by atoms with Crippen molar-refractivity contribution in [3.8, 4) is 11.5 Å². The summed E-state index contributed by atoms with van der Waals surface area (Å²) in [6.07, 6.45) is 0. The molecule has 0 spiro atoms. The summed E-state index contributed by atoms with van der Waals surface area (Å²) in [6.45, 7) is 7.04. The van der Waals surface area contributed by atoms with Crippen molar-refractivity contribution in [3.63, 3.8) is 0 Å². The van der Waals surface area contributed by atoms with Crippen LogP contribution in [0.4, 0.5) is 5.13 Å². The molecule has 0 saturated heterocycles. The van der Waals surface area contributed by atoms with Gasteiger partial charge in [0.2, 0.25) is 0 Å². The molecule has 6 heteroatoms. The molecule has 0 aliphatic heterocycles. The first kappa shape index (κ1) is 21.8. The zero-order valence-electron chi connectivity index (χ0n) is 18.5. The molecule has 0 aliphatic rings. The fourth-order valence-electron chi connectivity index (χ4n) is 3.53. The molecule has 0 unspecified atom stereocenters. The Bertz CT molecular complexity index is 1200. The zero-order chi connectivity index (χ0) is 22.5. The summed E-state index contributed by atoms with van der Waals surface area (Å²) in [4.78, 5) is 19.8.